The van der Waals surface area contributed by atoms with Gasteiger partial charge in [0, 0.05) is 36.6 Å². The minimum Gasteiger partial charge on any atom is -0.370 e. The number of hydrogen-bond donors (Lipinski definition) is 2. The second-order valence-electron chi connectivity index (χ2n) is 8.21. The van der Waals surface area contributed by atoms with Gasteiger partial charge in [0.25, 0.3) is 0 Å². The molecule has 1 amide bonds. The molecule has 2 N–H and O–H groups in total. The Hall–Kier alpha value is -2.92. The van der Waals surface area contributed by atoms with Crippen LogP contribution in [0.25, 0.3) is 6.08 Å². The lowest BCUT2D eigenvalue weighted by molar-refractivity contribution is -0.116. The van der Waals surface area contributed by atoms with E-state index in [1.54, 1.807) is 13.0 Å². The van der Waals surface area contributed by atoms with Crippen molar-refractivity contribution in [2.24, 2.45) is 0 Å². The van der Waals surface area contributed by atoms with Gasteiger partial charge in [0.2, 0.25) is 5.91 Å². The maximum absolute atomic E-state index is 12.2. The molecule has 1 aliphatic heterocycles. The smallest absolute Gasteiger partial charge is 0.248 e. The van der Waals surface area contributed by atoms with Gasteiger partial charge in [0.1, 0.15) is 5.78 Å². The van der Waals surface area contributed by atoms with Crippen LogP contribution in [-0.4, -0.2) is 37.4 Å². The molecule has 1 unspecified atom stereocenters. The van der Waals surface area contributed by atoms with E-state index in [1.165, 1.54) is 5.56 Å². The first-order valence-electron chi connectivity index (χ1n) is 10.6. The second kappa shape index (κ2) is 10.2. The Bertz CT molecular complexity index is 886. The number of anilines is 2. The molecule has 2 aromatic carbocycles. The average molecular weight is 406 g/mol. The monoisotopic (exact) mass is 405 g/mol. The largest absolute Gasteiger partial charge is 0.370 e. The van der Waals surface area contributed by atoms with Gasteiger partial charge < -0.3 is 15.5 Å². The molecule has 0 bridgehead atoms. The highest BCUT2D eigenvalue weighted by molar-refractivity contribution is 6.02. The Balaban J connectivity index is 1.50. The van der Waals surface area contributed by atoms with Crippen LogP contribution in [0.5, 0.6) is 0 Å². The highest BCUT2D eigenvalue weighted by atomic mass is 16.1. The number of carbonyl (C=O) groups excluding carboxylic acids is 2. The van der Waals surface area contributed by atoms with E-state index in [1.807, 2.05) is 42.5 Å². The minimum absolute atomic E-state index is 0.148. The van der Waals surface area contributed by atoms with Crippen LogP contribution in [0.4, 0.5) is 11.4 Å². The predicted molar refractivity (Wildman–Crippen MR) is 124 cm³/mol. The van der Waals surface area contributed by atoms with E-state index in [0.29, 0.717) is 18.5 Å². The summed E-state index contributed by atoms with van der Waals surface area (Å²) in [5, 5.41) is 6.21. The van der Waals surface area contributed by atoms with E-state index in [4.69, 9.17) is 0 Å². The van der Waals surface area contributed by atoms with E-state index < -0.39 is 0 Å². The van der Waals surface area contributed by atoms with Gasteiger partial charge in [0.15, 0.2) is 0 Å². The maximum Gasteiger partial charge on any atom is 0.248 e. The van der Waals surface area contributed by atoms with Gasteiger partial charge in [-0.15, -0.1) is 0 Å². The summed E-state index contributed by atoms with van der Waals surface area (Å²) in [7, 11) is 0. The molecule has 1 fully saturated rings. The molecule has 0 aromatic heterocycles. The van der Waals surface area contributed by atoms with Crippen LogP contribution in [0.3, 0.4) is 0 Å². The Morgan fingerprint density at radius 3 is 2.43 bits per heavy atom. The molecule has 0 radical (unpaired) electrons. The Kier molecular flexibility index (Phi) is 7.41. The predicted octanol–water partition coefficient (Wildman–Crippen LogP) is 4.22. The molecule has 1 atom stereocenters. The summed E-state index contributed by atoms with van der Waals surface area (Å²) in [6, 6.07) is 16.5. The first-order valence-corrected chi connectivity index (χ1v) is 10.6. The normalized spacial score (nSPS) is 16.4. The second-order valence-corrected chi connectivity index (χ2v) is 8.21. The van der Waals surface area contributed by atoms with E-state index in [0.717, 1.165) is 36.4 Å². The molecule has 3 rings (SSSR count). The number of carbonyl (C=O) groups is 2. The molecular weight excluding hydrogens is 374 g/mol. The summed E-state index contributed by atoms with van der Waals surface area (Å²) in [5.74, 6) is 0.512. The number of hydrogen-bond acceptors (Lipinski definition) is 4. The summed E-state index contributed by atoms with van der Waals surface area (Å²) in [6.45, 7) is 8.20. The van der Waals surface area contributed by atoms with Gasteiger partial charge in [-0.3, -0.25) is 9.59 Å². The number of benzene rings is 2. The number of Topliss-reactive ketones (excluding diaryl/α,β-unsaturated/α-hetero) is 1. The molecule has 0 saturated carbocycles. The van der Waals surface area contributed by atoms with Crippen LogP contribution < -0.4 is 15.5 Å². The SMILES string of the molecule is CC(=O)CNC1CCN(c2ccc(NC(=O)/C=C/c3ccc(C(C)C)cc3)cc2)C1. The van der Waals surface area contributed by atoms with Crippen molar-refractivity contribution in [2.75, 3.05) is 29.9 Å². The molecular formula is C25H31N3O2. The van der Waals surface area contributed by atoms with E-state index in [2.05, 4.69) is 41.5 Å². The van der Waals surface area contributed by atoms with Gasteiger partial charge in [0.05, 0.1) is 6.54 Å². The molecule has 2 aromatic rings. The van der Waals surface area contributed by atoms with Crippen molar-refractivity contribution >= 4 is 29.1 Å². The molecule has 1 saturated heterocycles. The van der Waals surface area contributed by atoms with Crippen LogP contribution in [-0.2, 0) is 9.59 Å². The fraction of sp³-hybridized carbons (Fsp3) is 0.360. The van der Waals surface area contributed by atoms with Crippen LogP contribution >= 0.6 is 0 Å². The summed E-state index contributed by atoms with van der Waals surface area (Å²) < 4.78 is 0. The molecule has 30 heavy (non-hydrogen) atoms. The third-order valence-corrected chi connectivity index (χ3v) is 5.36. The first-order chi connectivity index (χ1) is 14.4. The fourth-order valence-corrected chi connectivity index (χ4v) is 3.55. The molecule has 5 nitrogen and oxygen atoms in total. The number of amides is 1. The van der Waals surface area contributed by atoms with Gasteiger partial charge in [-0.1, -0.05) is 38.1 Å². The zero-order valence-electron chi connectivity index (χ0n) is 18.0. The Morgan fingerprint density at radius 1 is 1.10 bits per heavy atom. The number of nitrogens with one attached hydrogen (secondary N) is 2. The number of ketones is 1. The quantitative estimate of drug-likeness (QED) is 0.646. The van der Waals surface area contributed by atoms with E-state index in [9.17, 15) is 9.59 Å². The summed E-state index contributed by atoms with van der Waals surface area (Å²) in [6.07, 6.45) is 4.41. The zero-order valence-corrected chi connectivity index (χ0v) is 18.0. The average Bonchev–Trinajstić information content (AvgIpc) is 3.21. The van der Waals surface area contributed by atoms with Crippen LogP contribution in [0.15, 0.2) is 54.6 Å². The number of rotatable bonds is 8. The van der Waals surface area contributed by atoms with Gasteiger partial charge in [-0.25, -0.2) is 0 Å². The summed E-state index contributed by atoms with van der Waals surface area (Å²) in [4.78, 5) is 25.7. The van der Waals surface area contributed by atoms with Crippen LogP contribution in [0.2, 0.25) is 0 Å². The van der Waals surface area contributed by atoms with Crippen molar-refractivity contribution in [3.05, 3.63) is 65.7 Å². The topological polar surface area (TPSA) is 61.4 Å². The van der Waals surface area contributed by atoms with Crippen molar-refractivity contribution < 1.29 is 9.59 Å². The van der Waals surface area contributed by atoms with Gasteiger partial charge in [-0.05, 0) is 60.7 Å². The van der Waals surface area contributed by atoms with Gasteiger partial charge >= 0.3 is 0 Å². The van der Waals surface area contributed by atoms with Crippen LogP contribution in [0, 0.1) is 0 Å². The number of nitrogens with zero attached hydrogens (tertiary/aromatic N) is 1. The molecule has 1 heterocycles. The molecule has 0 aliphatic carbocycles. The van der Waals surface area contributed by atoms with Crippen molar-refractivity contribution in [3.8, 4) is 0 Å². The van der Waals surface area contributed by atoms with E-state index >= 15 is 0 Å². The van der Waals surface area contributed by atoms with E-state index in [-0.39, 0.29) is 11.7 Å². The van der Waals surface area contributed by atoms with Crippen molar-refractivity contribution in [3.63, 3.8) is 0 Å². The fourth-order valence-electron chi connectivity index (χ4n) is 3.55. The lowest BCUT2D eigenvalue weighted by atomic mass is 10.0. The third-order valence-electron chi connectivity index (χ3n) is 5.36. The third kappa shape index (κ3) is 6.29. The summed E-state index contributed by atoms with van der Waals surface area (Å²) >= 11 is 0. The van der Waals surface area contributed by atoms with Crippen molar-refractivity contribution in [1.82, 2.24) is 5.32 Å². The molecule has 0 spiro atoms. The van der Waals surface area contributed by atoms with Crippen molar-refractivity contribution in [1.29, 1.82) is 0 Å². The summed E-state index contributed by atoms with van der Waals surface area (Å²) in [5.41, 5.74) is 4.19. The molecule has 5 heteroatoms. The highest BCUT2D eigenvalue weighted by Crippen LogP contribution is 2.22. The molecule has 1 aliphatic rings. The Labute approximate surface area is 179 Å². The minimum atomic E-state index is -0.148. The standard InChI is InChI=1S/C25H31N3O2/c1-18(2)21-7-4-20(5-8-21)6-13-25(30)27-22-9-11-24(12-10-22)28-15-14-23(17-28)26-16-19(3)29/h4-13,18,23,26H,14-17H2,1-3H3,(H,27,30)/b13-6+. The van der Waals surface area contributed by atoms with Gasteiger partial charge in [-0.2, -0.15) is 0 Å². The maximum atomic E-state index is 12.2. The Morgan fingerprint density at radius 2 is 1.80 bits per heavy atom. The lowest BCUT2D eigenvalue weighted by Crippen LogP contribution is -2.35. The van der Waals surface area contributed by atoms with Crippen molar-refractivity contribution in [2.45, 2.75) is 39.2 Å². The van der Waals surface area contributed by atoms with Crippen LogP contribution in [0.1, 0.15) is 44.2 Å². The zero-order chi connectivity index (χ0) is 21.5. The first kappa shape index (κ1) is 21.8. The molecule has 158 valence electrons. The highest BCUT2D eigenvalue weighted by Gasteiger charge is 2.22. The lowest BCUT2D eigenvalue weighted by Gasteiger charge is -2.19.